The molecule has 1 amide bonds. The zero-order valence-corrected chi connectivity index (χ0v) is 12.7. The van der Waals surface area contributed by atoms with E-state index in [4.69, 9.17) is 15.2 Å². The van der Waals surface area contributed by atoms with Crippen LogP contribution in [0.3, 0.4) is 0 Å². The molecule has 0 saturated carbocycles. The van der Waals surface area contributed by atoms with Crippen LogP contribution in [-0.4, -0.2) is 31.7 Å². The molecule has 5 nitrogen and oxygen atoms in total. The van der Waals surface area contributed by atoms with Crippen molar-refractivity contribution in [2.24, 2.45) is 5.73 Å². The molecule has 0 aromatic heterocycles. The SMILES string of the molecule is CCCNC(C)(COc1ccc(C)cc1OC)C(N)=O. The number of nitrogens with one attached hydrogen (secondary N) is 1. The largest absolute Gasteiger partial charge is 0.493 e. The average molecular weight is 280 g/mol. The van der Waals surface area contributed by atoms with Gasteiger partial charge in [-0.25, -0.2) is 0 Å². The number of aryl methyl sites for hydroxylation is 1. The first-order valence-corrected chi connectivity index (χ1v) is 6.75. The maximum absolute atomic E-state index is 11.6. The van der Waals surface area contributed by atoms with E-state index < -0.39 is 11.4 Å². The second-order valence-electron chi connectivity index (χ2n) is 5.07. The summed E-state index contributed by atoms with van der Waals surface area (Å²) in [5.74, 6) is 0.813. The van der Waals surface area contributed by atoms with Crippen LogP contribution in [0, 0.1) is 6.92 Å². The van der Waals surface area contributed by atoms with Gasteiger partial charge in [0.1, 0.15) is 12.1 Å². The fraction of sp³-hybridized carbons (Fsp3) is 0.533. The number of methoxy groups -OCH3 is 1. The van der Waals surface area contributed by atoms with Gasteiger partial charge in [-0.2, -0.15) is 0 Å². The van der Waals surface area contributed by atoms with Gasteiger partial charge in [0.2, 0.25) is 5.91 Å². The normalized spacial score (nSPS) is 13.6. The van der Waals surface area contributed by atoms with Crippen molar-refractivity contribution in [1.29, 1.82) is 0 Å². The second kappa shape index (κ2) is 7.14. The van der Waals surface area contributed by atoms with E-state index in [0.29, 0.717) is 18.0 Å². The van der Waals surface area contributed by atoms with E-state index in [1.807, 2.05) is 32.0 Å². The number of benzene rings is 1. The molecule has 0 fully saturated rings. The van der Waals surface area contributed by atoms with E-state index in [-0.39, 0.29) is 6.61 Å². The molecule has 1 aromatic rings. The Labute approximate surface area is 120 Å². The van der Waals surface area contributed by atoms with E-state index in [9.17, 15) is 4.79 Å². The fourth-order valence-electron chi connectivity index (χ4n) is 1.73. The number of rotatable bonds is 8. The highest BCUT2D eigenvalue weighted by atomic mass is 16.5. The first kappa shape index (κ1) is 16.3. The maximum atomic E-state index is 11.6. The van der Waals surface area contributed by atoms with Crippen molar-refractivity contribution in [1.82, 2.24) is 5.32 Å². The van der Waals surface area contributed by atoms with Gasteiger partial charge in [-0.15, -0.1) is 0 Å². The summed E-state index contributed by atoms with van der Waals surface area (Å²) >= 11 is 0. The summed E-state index contributed by atoms with van der Waals surface area (Å²) in [7, 11) is 1.59. The summed E-state index contributed by atoms with van der Waals surface area (Å²) in [6, 6.07) is 5.64. The Kier molecular flexibility index (Phi) is 5.82. The van der Waals surface area contributed by atoms with Crippen LogP contribution in [-0.2, 0) is 4.79 Å². The summed E-state index contributed by atoms with van der Waals surface area (Å²) in [5, 5.41) is 3.12. The number of hydrogen-bond acceptors (Lipinski definition) is 4. The standard InChI is InChI=1S/C15H24N2O3/c1-5-8-17-15(3,14(16)18)10-20-12-7-6-11(2)9-13(12)19-4/h6-7,9,17H,5,8,10H2,1-4H3,(H2,16,18). The molecular formula is C15H24N2O3. The molecule has 0 aliphatic rings. The Morgan fingerprint density at radius 1 is 1.40 bits per heavy atom. The Morgan fingerprint density at radius 3 is 2.65 bits per heavy atom. The first-order valence-electron chi connectivity index (χ1n) is 6.75. The first-order chi connectivity index (χ1) is 9.42. The highest BCUT2D eigenvalue weighted by Crippen LogP contribution is 2.28. The van der Waals surface area contributed by atoms with Crippen molar-refractivity contribution in [3.05, 3.63) is 23.8 Å². The van der Waals surface area contributed by atoms with Crippen LogP contribution in [0.2, 0.25) is 0 Å². The maximum Gasteiger partial charge on any atom is 0.240 e. The van der Waals surface area contributed by atoms with E-state index >= 15 is 0 Å². The van der Waals surface area contributed by atoms with Gasteiger partial charge in [0, 0.05) is 0 Å². The van der Waals surface area contributed by atoms with Gasteiger partial charge in [0.05, 0.1) is 7.11 Å². The number of nitrogens with two attached hydrogens (primary N) is 1. The zero-order chi connectivity index (χ0) is 15.2. The molecule has 0 spiro atoms. The summed E-state index contributed by atoms with van der Waals surface area (Å²) < 4.78 is 11.0. The minimum absolute atomic E-state index is 0.155. The van der Waals surface area contributed by atoms with E-state index in [1.165, 1.54) is 0 Å². The molecule has 0 radical (unpaired) electrons. The molecule has 1 rings (SSSR count). The Hall–Kier alpha value is -1.75. The van der Waals surface area contributed by atoms with Gasteiger partial charge < -0.3 is 20.5 Å². The lowest BCUT2D eigenvalue weighted by atomic mass is 10.0. The Morgan fingerprint density at radius 2 is 2.10 bits per heavy atom. The van der Waals surface area contributed by atoms with Crippen LogP contribution in [0.1, 0.15) is 25.8 Å². The summed E-state index contributed by atoms with van der Waals surface area (Å²) in [5.41, 5.74) is 5.64. The zero-order valence-electron chi connectivity index (χ0n) is 12.7. The third kappa shape index (κ3) is 4.13. The van der Waals surface area contributed by atoms with Crippen LogP contribution >= 0.6 is 0 Å². The minimum atomic E-state index is -0.897. The van der Waals surface area contributed by atoms with Crippen molar-refractivity contribution in [2.75, 3.05) is 20.3 Å². The lowest BCUT2D eigenvalue weighted by Crippen LogP contribution is -2.57. The number of carbonyl (C=O) groups excluding carboxylic acids is 1. The number of amides is 1. The third-order valence-corrected chi connectivity index (χ3v) is 3.14. The minimum Gasteiger partial charge on any atom is -0.493 e. The lowest BCUT2D eigenvalue weighted by Gasteiger charge is -2.27. The van der Waals surface area contributed by atoms with Crippen LogP contribution in [0.25, 0.3) is 0 Å². The molecule has 1 unspecified atom stereocenters. The number of carbonyl (C=O) groups is 1. The summed E-state index contributed by atoms with van der Waals surface area (Å²) in [6.07, 6.45) is 0.913. The van der Waals surface area contributed by atoms with Crippen LogP contribution in [0.5, 0.6) is 11.5 Å². The number of hydrogen-bond donors (Lipinski definition) is 2. The monoisotopic (exact) mass is 280 g/mol. The Balaban J connectivity index is 2.80. The van der Waals surface area contributed by atoms with Gasteiger partial charge in [0.25, 0.3) is 0 Å². The van der Waals surface area contributed by atoms with E-state index in [1.54, 1.807) is 14.0 Å². The van der Waals surface area contributed by atoms with Gasteiger partial charge in [-0.1, -0.05) is 13.0 Å². The average Bonchev–Trinajstić information content (AvgIpc) is 2.43. The van der Waals surface area contributed by atoms with Crippen molar-refractivity contribution < 1.29 is 14.3 Å². The quantitative estimate of drug-likeness (QED) is 0.759. The summed E-state index contributed by atoms with van der Waals surface area (Å²) in [4.78, 5) is 11.6. The predicted octanol–water partition coefficient (Wildman–Crippen LogP) is 1.63. The molecule has 1 atom stereocenters. The molecule has 112 valence electrons. The molecule has 5 heteroatoms. The van der Waals surface area contributed by atoms with Gasteiger partial charge in [-0.3, -0.25) is 4.79 Å². The number of ether oxygens (including phenoxy) is 2. The molecule has 0 saturated heterocycles. The Bertz CT molecular complexity index is 462. The predicted molar refractivity (Wildman–Crippen MR) is 79.1 cm³/mol. The molecule has 0 aliphatic carbocycles. The molecule has 3 N–H and O–H groups in total. The second-order valence-corrected chi connectivity index (χ2v) is 5.07. The van der Waals surface area contributed by atoms with Gasteiger partial charge in [-0.05, 0) is 44.5 Å². The van der Waals surface area contributed by atoms with Crippen LogP contribution in [0.4, 0.5) is 0 Å². The van der Waals surface area contributed by atoms with Crippen LogP contribution < -0.4 is 20.5 Å². The van der Waals surface area contributed by atoms with E-state index in [2.05, 4.69) is 5.32 Å². The molecule has 20 heavy (non-hydrogen) atoms. The lowest BCUT2D eigenvalue weighted by molar-refractivity contribution is -0.125. The third-order valence-electron chi connectivity index (χ3n) is 3.14. The van der Waals surface area contributed by atoms with Crippen LogP contribution in [0.15, 0.2) is 18.2 Å². The topological polar surface area (TPSA) is 73.6 Å². The molecular weight excluding hydrogens is 256 g/mol. The van der Waals surface area contributed by atoms with Crippen molar-refractivity contribution in [2.45, 2.75) is 32.7 Å². The van der Waals surface area contributed by atoms with Crippen molar-refractivity contribution >= 4 is 5.91 Å². The molecule has 1 aromatic carbocycles. The van der Waals surface area contributed by atoms with Crippen molar-refractivity contribution in [3.63, 3.8) is 0 Å². The highest BCUT2D eigenvalue weighted by molar-refractivity contribution is 5.84. The molecule has 0 aliphatic heterocycles. The molecule has 0 heterocycles. The van der Waals surface area contributed by atoms with Gasteiger partial charge in [0.15, 0.2) is 11.5 Å². The van der Waals surface area contributed by atoms with E-state index in [0.717, 1.165) is 12.0 Å². The van der Waals surface area contributed by atoms with Gasteiger partial charge >= 0.3 is 0 Å². The number of primary amides is 1. The summed E-state index contributed by atoms with van der Waals surface area (Å²) in [6.45, 7) is 6.60. The fourth-order valence-corrected chi connectivity index (χ4v) is 1.73. The molecule has 0 bridgehead atoms. The highest BCUT2D eigenvalue weighted by Gasteiger charge is 2.31. The van der Waals surface area contributed by atoms with Crippen molar-refractivity contribution in [3.8, 4) is 11.5 Å². The smallest absolute Gasteiger partial charge is 0.240 e.